The minimum Gasteiger partial charge on any atom is -0.303 e. The van der Waals surface area contributed by atoms with Gasteiger partial charge < -0.3 is 4.79 Å². The van der Waals surface area contributed by atoms with Crippen LogP contribution in [0.1, 0.15) is 12.0 Å². The highest BCUT2D eigenvalue weighted by atomic mass is 79.9. The van der Waals surface area contributed by atoms with Gasteiger partial charge >= 0.3 is 11.4 Å². The van der Waals surface area contributed by atoms with Crippen molar-refractivity contribution in [3.8, 4) is 0 Å². The lowest BCUT2D eigenvalue weighted by atomic mass is 8.97. The minimum absolute atomic E-state index is 0.103. The smallest absolute Gasteiger partial charge is 0.303 e. The van der Waals surface area contributed by atoms with Crippen LogP contribution in [-0.4, -0.2) is 52.8 Å². The number of carbonyl (C=O) groups is 1. The van der Waals surface area contributed by atoms with Crippen molar-refractivity contribution in [1.29, 1.82) is 0 Å². The summed E-state index contributed by atoms with van der Waals surface area (Å²) in [6.45, 7) is 0. The van der Waals surface area contributed by atoms with Gasteiger partial charge in [0.1, 0.15) is 6.29 Å². The Morgan fingerprint density at radius 3 is 1.90 bits per heavy atom. The first-order chi connectivity index (χ1) is 14.1. The largest absolute Gasteiger partial charge is 0.305 e. The summed E-state index contributed by atoms with van der Waals surface area (Å²) in [6, 6.07) is 7.86. The van der Waals surface area contributed by atoms with E-state index in [0.29, 0.717) is 6.29 Å². The number of hydrogen-bond donors (Lipinski definition) is 0. The number of nitrogens with zero attached hydrogens (tertiary/aromatic N) is 2. The van der Waals surface area contributed by atoms with Crippen molar-refractivity contribution in [3.05, 3.63) is 78.3 Å². The summed E-state index contributed by atoms with van der Waals surface area (Å²) in [5.74, 6) is -1.68. The highest BCUT2D eigenvalue weighted by Gasteiger charge is 2.16. The number of halogens is 3. The Kier molecular flexibility index (Phi) is 13.4. The molecule has 0 spiro atoms. The molecule has 2 rings (SSSR count). The van der Waals surface area contributed by atoms with E-state index in [-0.39, 0.29) is 22.9 Å². The maximum Gasteiger partial charge on any atom is 0.305 e. The molecule has 0 aliphatic heterocycles. The Morgan fingerprint density at radius 2 is 1.50 bits per heavy atom. The zero-order valence-corrected chi connectivity index (χ0v) is 17.0. The van der Waals surface area contributed by atoms with E-state index in [1.807, 2.05) is 0 Å². The molecule has 2 aromatic carbocycles. The number of benzene rings is 2. The van der Waals surface area contributed by atoms with Gasteiger partial charge in [-0.25, -0.2) is 0 Å². The number of nitro groups is 2. The molecule has 0 N–H and O–H groups in total. The summed E-state index contributed by atoms with van der Waals surface area (Å²) in [6.07, 6.45) is 0.544. The number of aldehydes is 1. The Morgan fingerprint density at radius 1 is 1.03 bits per heavy atom. The predicted molar refractivity (Wildman–Crippen MR) is 117 cm³/mol. The lowest BCUT2D eigenvalue weighted by Crippen LogP contribution is -2.23. The molecule has 0 amide bonds. The Balaban J connectivity index is 0.000000468. The summed E-state index contributed by atoms with van der Waals surface area (Å²) < 4.78 is 26.2. The molecule has 15 heteroatoms. The molecular weight excluding hydrogens is 460 g/mol. The summed E-state index contributed by atoms with van der Waals surface area (Å²) in [5, 5.41) is 20.5. The molecule has 0 heterocycles. The van der Waals surface area contributed by atoms with Gasteiger partial charge in [-0.1, -0.05) is 18.2 Å². The molecule has 7 nitrogen and oxygen atoms in total. The van der Waals surface area contributed by atoms with Crippen molar-refractivity contribution in [2.45, 2.75) is 12.8 Å². The van der Waals surface area contributed by atoms with Crippen LogP contribution in [0.2, 0.25) is 0 Å². The lowest BCUT2D eigenvalue weighted by molar-refractivity contribution is -0.387. The zero-order chi connectivity index (χ0) is 23.3. The quantitative estimate of drug-likeness (QED) is 0.279. The first-order valence-electron chi connectivity index (χ1n) is 8.06. The van der Waals surface area contributed by atoms with Crippen LogP contribution in [0.4, 0.5) is 20.2 Å². The van der Waals surface area contributed by atoms with Crippen LogP contribution >= 0.6 is 15.9 Å². The number of nitro benzene ring substituents is 2. The van der Waals surface area contributed by atoms with Crippen LogP contribution in [0, 0.1) is 31.9 Å². The molecular formula is C15H11B5BrF2N2O5. The monoisotopic (exact) mass is 471 g/mol. The number of rotatable bonds is 6. The zero-order valence-electron chi connectivity index (χ0n) is 15.4. The maximum absolute atomic E-state index is 13.3. The first kappa shape index (κ1) is 27.6. The second kappa shape index (κ2) is 14.5. The summed E-state index contributed by atoms with van der Waals surface area (Å²) in [4.78, 5) is 29.0. The maximum atomic E-state index is 13.3. The van der Waals surface area contributed by atoms with E-state index in [0.717, 1.165) is 12.1 Å². The first-order valence-corrected chi connectivity index (χ1v) is 8.86. The fourth-order valence-corrected chi connectivity index (χ4v) is 2.10. The van der Waals surface area contributed by atoms with Gasteiger partial charge in [0.15, 0.2) is 0 Å². The molecule has 0 atom stereocenters. The van der Waals surface area contributed by atoms with Crippen LogP contribution < -0.4 is 0 Å². The standard InChI is InChI=1S/C9H8FNO3.C6H3BrFNO2.B5/c10-9-7(4-2-6-12)3-1-5-8(9)11(13)14;7-4-2-1-3-5(6(4)8)9(10)11;1-4-5(2)3/h1,3,5-6H,2,4H2;1-3H;. The third kappa shape index (κ3) is 9.86. The Labute approximate surface area is 184 Å². The Hall–Kier alpha value is -2.43. The second-order valence-electron chi connectivity index (χ2n) is 5.31. The molecule has 147 valence electrons. The van der Waals surface area contributed by atoms with E-state index in [4.69, 9.17) is 23.2 Å². The highest BCUT2D eigenvalue weighted by molar-refractivity contribution is 9.10. The van der Waals surface area contributed by atoms with Crippen molar-refractivity contribution < 1.29 is 23.4 Å². The van der Waals surface area contributed by atoms with E-state index in [1.54, 1.807) is 0 Å². The van der Waals surface area contributed by atoms with Crippen LogP contribution in [0.15, 0.2) is 40.9 Å². The molecule has 0 saturated heterocycles. The van der Waals surface area contributed by atoms with Crippen molar-refractivity contribution in [1.82, 2.24) is 0 Å². The molecule has 0 fully saturated rings. The molecule has 7 radical (unpaired) electrons. The fourth-order valence-electron chi connectivity index (χ4n) is 1.75. The van der Waals surface area contributed by atoms with Gasteiger partial charge in [0.05, 0.1) is 14.3 Å². The Bertz CT molecular complexity index is 879. The van der Waals surface area contributed by atoms with Crippen LogP contribution in [0.3, 0.4) is 0 Å². The third-order valence-corrected chi connectivity index (χ3v) is 3.75. The van der Waals surface area contributed by atoms with Gasteiger partial charge in [0.2, 0.25) is 11.6 Å². The van der Waals surface area contributed by atoms with E-state index >= 15 is 0 Å². The van der Waals surface area contributed by atoms with Crippen LogP contribution in [0.25, 0.3) is 0 Å². The average molecular weight is 471 g/mol. The van der Waals surface area contributed by atoms with E-state index < -0.39 is 39.2 Å². The van der Waals surface area contributed by atoms with Gasteiger partial charge in [-0.15, -0.1) is 0 Å². The number of hydrogen-bond acceptors (Lipinski definition) is 5. The van der Waals surface area contributed by atoms with Crippen molar-refractivity contribution in [3.63, 3.8) is 0 Å². The van der Waals surface area contributed by atoms with Gasteiger partial charge in [-0.3, -0.25) is 20.2 Å². The molecule has 0 unspecified atom stereocenters. The average Bonchev–Trinajstić information content (AvgIpc) is 2.69. The van der Waals surface area contributed by atoms with Gasteiger partial charge in [0.25, 0.3) is 0 Å². The van der Waals surface area contributed by atoms with Gasteiger partial charge in [0, 0.05) is 55.2 Å². The van der Waals surface area contributed by atoms with E-state index in [2.05, 4.69) is 15.9 Å². The van der Waals surface area contributed by atoms with Crippen molar-refractivity contribution >= 4 is 70.2 Å². The SMILES string of the molecule is O=CCCc1cccc([N+](=O)[O-])c1F.O=[N+]([O-])c1cccc(Br)c1F.[B][B]B([B])[B]. The highest BCUT2D eigenvalue weighted by Crippen LogP contribution is 2.23. The molecule has 0 saturated carbocycles. The second-order valence-corrected chi connectivity index (χ2v) is 6.17. The molecule has 0 aromatic heterocycles. The minimum atomic E-state index is -0.848. The van der Waals surface area contributed by atoms with Gasteiger partial charge in [-0.2, -0.15) is 8.78 Å². The fraction of sp³-hybridized carbons (Fsp3) is 0.133. The van der Waals surface area contributed by atoms with E-state index in [1.165, 1.54) is 31.3 Å². The number of carbonyl (C=O) groups excluding carboxylic acids is 1. The molecule has 2 aromatic rings. The molecule has 30 heavy (non-hydrogen) atoms. The normalized spacial score (nSPS) is 9.17. The van der Waals surface area contributed by atoms with Crippen molar-refractivity contribution in [2.24, 2.45) is 0 Å². The molecule has 0 bridgehead atoms. The lowest BCUT2D eigenvalue weighted by Gasteiger charge is -2.00. The predicted octanol–water partition coefficient (Wildman–Crippen LogP) is 2.46. The number of aryl methyl sites for hydroxylation is 1. The van der Waals surface area contributed by atoms with E-state index in [9.17, 15) is 33.8 Å². The molecule has 0 aliphatic rings. The summed E-state index contributed by atoms with van der Waals surface area (Å²) in [5.41, 5.74) is -0.862. The summed E-state index contributed by atoms with van der Waals surface area (Å²) in [7, 11) is 15.8. The van der Waals surface area contributed by atoms with Crippen LogP contribution in [-0.2, 0) is 11.2 Å². The van der Waals surface area contributed by atoms with Crippen LogP contribution in [0.5, 0.6) is 0 Å². The topological polar surface area (TPSA) is 103 Å². The third-order valence-electron chi connectivity index (χ3n) is 3.14. The molecule has 0 aliphatic carbocycles. The summed E-state index contributed by atoms with van der Waals surface area (Å²) >= 11 is 2.83. The van der Waals surface area contributed by atoms with Crippen molar-refractivity contribution in [2.75, 3.05) is 0 Å². The van der Waals surface area contributed by atoms with Gasteiger partial charge in [-0.05, 0) is 34.0 Å².